The molecule has 4 aromatic rings. The molecule has 7 N–H and O–H groups in total. The van der Waals surface area contributed by atoms with Crippen molar-refractivity contribution in [2.24, 2.45) is 5.73 Å². The average molecular weight is 755 g/mol. The zero-order chi connectivity index (χ0) is 35.9. The van der Waals surface area contributed by atoms with Crippen molar-refractivity contribution in [1.82, 2.24) is 15.3 Å². The maximum Gasteiger partial charge on any atom is 0.408 e. The molecule has 2 amide bonds. The van der Waals surface area contributed by atoms with Crippen LogP contribution in [0.4, 0.5) is 25.1 Å². The third-order valence-electron chi connectivity index (χ3n) is 5.50. The minimum Gasteiger partial charge on any atom is -0.480 e. The molecule has 0 saturated carbocycles. The summed E-state index contributed by atoms with van der Waals surface area (Å²) in [5.74, 6) is -1.51. The molecule has 0 unspecified atom stereocenters. The van der Waals surface area contributed by atoms with Crippen molar-refractivity contribution in [3.8, 4) is 0 Å². The van der Waals surface area contributed by atoms with E-state index in [0.29, 0.717) is 6.42 Å². The Morgan fingerprint density at radius 1 is 0.900 bits per heavy atom. The van der Waals surface area contributed by atoms with Crippen molar-refractivity contribution in [2.45, 2.75) is 58.7 Å². The number of rotatable bonds is 10. The van der Waals surface area contributed by atoms with Crippen LogP contribution in [0.1, 0.15) is 39.3 Å². The van der Waals surface area contributed by atoms with E-state index in [1.54, 1.807) is 20.8 Å². The molecule has 272 valence electrons. The van der Waals surface area contributed by atoms with Crippen LogP contribution in [0.2, 0.25) is 0 Å². The fourth-order valence-corrected chi connectivity index (χ4v) is 4.56. The Morgan fingerprint density at radius 2 is 1.38 bits per heavy atom. The summed E-state index contributed by atoms with van der Waals surface area (Å²) in [7, 11) is 0. The number of aliphatic carboxylic acids is 1. The smallest absolute Gasteiger partial charge is 0.408 e. The van der Waals surface area contributed by atoms with Gasteiger partial charge in [0.15, 0.2) is 10.3 Å². The SMILES string of the molecule is C.CC(C)(C)OC(=O)N[C@@H](Cc1ccccc1)C(=O)O.Cl.N[C@@H](Cc1ccccc1)C(=O)Nc1ncc([N+](=O)[O-])s1.Nc1ncc([N+](=O)[O-])s1. The van der Waals surface area contributed by atoms with Crippen LogP contribution in [-0.4, -0.2) is 60.6 Å². The molecule has 0 bridgehead atoms. The van der Waals surface area contributed by atoms with Gasteiger partial charge in [0, 0.05) is 6.42 Å². The van der Waals surface area contributed by atoms with Crippen molar-refractivity contribution in [3.63, 3.8) is 0 Å². The van der Waals surface area contributed by atoms with Gasteiger partial charge >= 0.3 is 22.1 Å². The number of carbonyl (C=O) groups is 3. The third kappa shape index (κ3) is 17.2. The van der Waals surface area contributed by atoms with Crippen LogP contribution in [-0.2, 0) is 27.2 Å². The molecule has 2 aromatic carbocycles. The summed E-state index contributed by atoms with van der Waals surface area (Å²) in [5.41, 5.74) is 12.0. The van der Waals surface area contributed by atoms with Crippen molar-refractivity contribution in [3.05, 3.63) is 104 Å². The second kappa shape index (κ2) is 21.7. The van der Waals surface area contributed by atoms with E-state index in [-0.39, 0.29) is 46.5 Å². The van der Waals surface area contributed by atoms with Gasteiger partial charge in [0.25, 0.3) is 0 Å². The molecule has 0 aliphatic heterocycles. The first-order chi connectivity index (χ1) is 22.5. The predicted molar refractivity (Wildman–Crippen MR) is 194 cm³/mol. The molecule has 0 saturated heterocycles. The van der Waals surface area contributed by atoms with E-state index in [1.807, 2.05) is 60.7 Å². The van der Waals surface area contributed by atoms with Gasteiger partial charge in [0.05, 0.1) is 15.9 Å². The first-order valence-corrected chi connectivity index (χ1v) is 15.5. The number of nitrogens with one attached hydrogen (secondary N) is 2. The molecule has 4 rings (SSSR count). The van der Waals surface area contributed by atoms with E-state index in [9.17, 15) is 34.6 Å². The van der Waals surface area contributed by atoms with E-state index in [4.69, 9.17) is 21.3 Å². The number of alkyl carbamates (subject to hydrolysis) is 1. The number of thiazole rings is 2. The first-order valence-electron chi connectivity index (χ1n) is 13.9. The molecule has 0 radical (unpaired) electrons. The number of carboxylic acids is 1. The van der Waals surface area contributed by atoms with E-state index >= 15 is 0 Å². The van der Waals surface area contributed by atoms with Crippen molar-refractivity contribution < 1.29 is 34.1 Å². The molecule has 0 spiro atoms. The minimum atomic E-state index is -1.09. The quantitative estimate of drug-likeness (QED) is 0.0995. The summed E-state index contributed by atoms with van der Waals surface area (Å²) in [6, 6.07) is 16.7. The van der Waals surface area contributed by atoms with Crippen LogP contribution >= 0.6 is 35.1 Å². The molecule has 17 nitrogen and oxygen atoms in total. The number of halogens is 1. The first kappa shape index (κ1) is 44.8. The lowest BCUT2D eigenvalue weighted by Crippen LogP contribution is -2.44. The summed E-state index contributed by atoms with van der Waals surface area (Å²) >= 11 is 1.66. The fourth-order valence-electron chi connectivity index (χ4n) is 3.43. The minimum absolute atomic E-state index is 0. The van der Waals surface area contributed by atoms with Crippen LogP contribution < -0.4 is 22.1 Å². The number of hydrogen-bond donors (Lipinski definition) is 5. The van der Waals surface area contributed by atoms with Gasteiger partial charge in [-0.1, -0.05) is 68.1 Å². The highest BCUT2D eigenvalue weighted by Gasteiger charge is 2.24. The molecular weight excluding hydrogens is 716 g/mol. The summed E-state index contributed by atoms with van der Waals surface area (Å²) < 4.78 is 5.04. The van der Waals surface area contributed by atoms with Crippen LogP contribution in [0.5, 0.6) is 0 Å². The Hall–Kier alpha value is -5.24. The molecule has 20 heteroatoms. The number of anilines is 2. The van der Waals surface area contributed by atoms with E-state index < -0.39 is 45.5 Å². The Bertz CT molecular complexity index is 1670. The third-order valence-corrected chi connectivity index (χ3v) is 7.14. The maximum absolute atomic E-state index is 11.9. The number of carbonyl (C=O) groups excluding carboxylic acids is 2. The Kier molecular flexibility index (Phi) is 19.4. The highest BCUT2D eigenvalue weighted by atomic mass is 35.5. The number of ether oxygens (including phenoxy) is 1. The Labute approximate surface area is 301 Å². The molecular formula is C30H39ClN8O9S2. The number of amides is 2. The number of nitrogens with two attached hydrogens (primary N) is 2. The van der Waals surface area contributed by atoms with Gasteiger partial charge in [0.1, 0.15) is 24.0 Å². The number of hydrogen-bond acceptors (Lipinski definition) is 14. The second-order valence-electron chi connectivity index (χ2n) is 10.6. The number of nitrogen functional groups attached to an aromatic ring is 1. The van der Waals surface area contributed by atoms with E-state index in [0.717, 1.165) is 46.2 Å². The van der Waals surface area contributed by atoms with Gasteiger partial charge in [-0.25, -0.2) is 19.6 Å². The monoisotopic (exact) mass is 754 g/mol. The Morgan fingerprint density at radius 3 is 1.78 bits per heavy atom. The lowest BCUT2D eigenvalue weighted by molar-refractivity contribution is -0.380. The molecule has 2 heterocycles. The van der Waals surface area contributed by atoms with Crippen molar-refractivity contribution >= 4 is 73.3 Å². The van der Waals surface area contributed by atoms with Crippen LogP contribution in [0.25, 0.3) is 0 Å². The molecule has 50 heavy (non-hydrogen) atoms. The molecule has 2 aromatic heterocycles. The van der Waals surface area contributed by atoms with Crippen LogP contribution in [0.15, 0.2) is 73.1 Å². The second-order valence-corrected chi connectivity index (χ2v) is 12.6. The average Bonchev–Trinajstić information content (AvgIpc) is 3.67. The summed E-state index contributed by atoms with van der Waals surface area (Å²) in [4.78, 5) is 61.2. The fraction of sp³-hybridized carbons (Fsp3) is 0.300. The summed E-state index contributed by atoms with van der Waals surface area (Å²) in [6.07, 6.45) is 2.12. The molecule has 2 atom stereocenters. The highest BCUT2D eigenvalue weighted by Crippen LogP contribution is 2.25. The Balaban J connectivity index is 0.000000751. The lowest BCUT2D eigenvalue weighted by Gasteiger charge is -2.22. The van der Waals surface area contributed by atoms with Crippen molar-refractivity contribution in [2.75, 3.05) is 11.1 Å². The predicted octanol–water partition coefficient (Wildman–Crippen LogP) is 5.46. The largest absolute Gasteiger partial charge is 0.480 e. The molecule has 0 fully saturated rings. The lowest BCUT2D eigenvalue weighted by atomic mass is 10.1. The standard InChI is InChI=1S/C14H19NO4.C12H12N4O3S.C3H3N3O2S.CH4.ClH/c1-14(2,3)19-13(18)15-11(12(16)17)9-10-7-5-4-6-8-10;13-9(6-8-4-2-1-3-5-8)11(17)15-12-14-7-10(20-12)16(18)19;4-3-5-1-2(9-3)6(7)8;;/h4-8,11H,9H2,1-3H3,(H,15,18)(H,16,17);1-5,7,9H,6,13H2,(H,14,15,17);1H,(H2,4,5);1H4;1H/t11-;9-;;;/m00.../s1. The van der Waals surface area contributed by atoms with Gasteiger partial charge in [-0.2, -0.15) is 0 Å². The molecule has 0 aliphatic carbocycles. The topological polar surface area (TPSA) is 269 Å². The van der Waals surface area contributed by atoms with Gasteiger partial charge in [-0.05, 0) is 61.0 Å². The number of nitro groups is 2. The zero-order valence-electron chi connectivity index (χ0n) is 26.4. The maximum atomic E-state index is 11.9. The van der Waals surface area contributed by atoms with E-state index in [1.165, 1.54) is 0 Å². The molecule has 0 aliphatic rings. The summed E-state index contributed by atoms with van der Waals surface area (Å²) in [6.45, 7) is 5.17. The number of carboxylic acid groups (broad SMARTS) is 1. The number of aromatic nitrogens is 2. The number of nitrogens with zero attached hydrogens (tertiary/aromatic N) is 4. The van der Waals surface area contributed by atoms with Gasteiger partial charge < -0.3 is 31.9 Å². The normalized spacial score (nSPS) is 11.2. The van der Waals surface area contributed by atoms with Crippen molar-refractivity contribution in [1.29, 1.82) is 0 Å². The number of benzene rings is 2. The van der Waals surface area contributed by atoms with Crippen LogP contribution in [0, 0.1) is 20.2 Å². The van der Waals surface area contributed by atoms with Crippen LogP contribution in [0.3, 0.4) is 0 Å². The summed E-state index contributed by atoms with van der Waals surface area (Å²) in [5, 5.41) is 34.6. The van der Waals surface area contributed by atoms with Gasteiger partial charge in [-0.15, -0.1) is 12.4 Å². The van der Waals surface area contributed by atoms with Gasteiger partial charge in [0.2, 0.25) is 5.91 Å². The highest BCUT2D eigenvalue weighted by molar-refractivity contribution is 7.19. The zero-order valence-corrected chi connectivity index (χ0v) is 28.8. The van der Waals surface area contributed by atoms with E-state index in [2.05, 4.69) is 20.6 Å². The van der Waals surface area contributed by atoms with Gasteiger partial charge in [-0.3, -0.25) is 25.0 Å².